The molecule has 0 saturated carbocycles. The minimum absolute atomic E-state index is 0.0268. The fraction of sp³-hybridized carbons (Fsp3) is 0.600. The SMILES string of the molecule is Cc1cc(C)n(CCCNS(=O)(=O)CC(N)=S)n1. The van der Waals surface area contributed by atoms with Gasteiger partial charge in [0.05, 0.1) is 10.7 Å². The molecule has 0 atom stereocenters. The third-order valence-corrected chi connectivity index (χ3v) is 3.97. The first kappa shape index (κ1) is 15.1. The van der Waals surface area contributed by atoms with Crippen molar-refractivity contribution in [3.05, 3.63) is 17.5 Å². The molecule has 0 aliphatic carbocycles. The van der Waals surface area contributed by atoms with Crippen LogP contribution in [-0.2, 0) is 16.6 Å². The van der Waals surface area contributed by atoms with Gasteiger partial charge in [0.15, 0.2) is 0 Å². The number of nitrogens with two attached hydrogens (primary N) is 1. The van der Waals surface area contributed by atoms with E-state index >= 15 is 0 Å². The summed E-state index contributed by atoms with van der Waals surface area (Å²) in [6.45, 7) is 4.92. The van der Waals surface area contributed by atoms with E-state index in [2.05, 4.69) is 22.0 Å². The monoisotopic (exact) mass is 290 g/mol. The lowest BCUT2D eigenvalue weighted by Gasteiger charge is -2.07. The molecule has 0 fully saturated rings. The summed E-state index contributed by atoms with van der Waals surface area (Å²) >= 11 is 4.56. The zero-order valence-electron chi connectivity index (χ0n) is 10.5. The number of rotatable bonds is 7. The molecule has 1 aromatic rings. The average Bonchev–Trinajstić information content (AvgIpc) is 2.50. The number of nitrogens with zero attached hydrogens (tertiary/aromatic N) is 2. The van der Waals surface area contributed by atoms with Crippen molar-refractivity contribution in [3.63, 3.8) is 0 Å². The number of thiocarbonyl (C=S) groups is 1. The Kier molecular flexibility index (Phi) is 5.24. The number of sulfonamides is 1. The molecule has 0 radical (unpaired) electrons. The second-order valence-corrected chi connectivity index (χ2v) is 6.45. The molecule has 3 N–H and O–H groups in total. The maximum atomic E-state index is 11.4. The van der Waals surface area contributed by atoms with Crippen molar-refractivity contribution < 1.29 is 8.42 Å². The van der Waals surface area contributed by atoms with Crippen LogP contribution in [0.1, 0.15) is 17.8 Å². The highest BCUT2D eigenvalue weighted by atomic mass is 32.2. The zero-order valence-corrected chi connectivity index (χ0v) is 12.1. The van der Waals surface area contributed by atoms with Gasteiger partial charge in [0.2, 0.25) is 10.0 Å². The summed E-state index contributed by atoms with van der Waals surface area (Å²) < 4.78 is 27.2. The van der Waals surface area contributed by atoms with Crippen LogP contribution in [0.25, 0.3) is 0 Å². The maximum Gasteiger partial charge on any atom is 0.218 e. The van der Waals surface area contributed by atoms with Gasteiger partial charge < -0.3 is 5.73 Å². The van der Waals surface area contributed by atoms with Crippen LogP contribution < -0.4 is 10.5 Å². The van der Waals surface area contributed by atoms with Crippen molar-refractivity contribution in [2.75, 3.05) is 12.3 Å². The first-order chi connectivity index (χ1) is 8.30. The molecule has 8 heteroatoms. The predicted octanol–water partition coefficient (Wildman–Crippen LogP) is 0.0955. The van der Waals surface area contributed by atoms with Crippen molar-refractivity contribution in [3.8, 4) is 0 Å². The molecular formula is C10H18N4O2S2. The Morgan fingerprint density at radius 2 is 2.22 bits per heavy atom. The summed E-state index contributed by atoms with van der Waals surface area (Å²) in [5, 5.41) is 4.29. The van der Waals surface area contributed by atoms with Crippen LogP contribution in [0.15, 0.2) is 6.07 Å². The lowest BCUT2D eigenvalue weighted by atomic mass is 10.4. The fourth-order valence-corrected chi connectivity index (χ4v) is 2.99. The topological polar surface area (TPSA) is 90.0 Å². The highest BCUT2D eigenvalue weighted by Crippen LogP contribution is 2.02. The molecule has 102 valence electrons. The maximum absolute atomic E-state index is 11.4. The van der Waals surface area contributed by atoms with Crippen LogP contribution in [0.5, 0.6) is 0 Å². The lowest BCUT2D eigenvalue weighted by molar-refractivity contribution is 0.545. The molecule has 1 rings (SSSR count). The van der Waals surface area contributed by atoms with Crippen LogP contribution in [0, 0.1) is 13.8 Å². The molecule has 1 heterocycles. The third-order valence-electron chi connectivity index (χ3n) is 2.30. The normalized spacial score (nSPS) is 11.7. The van der Waals surface area contributed by atoms with Gasteiger partial charge >= 0.3 is 0 Å². The quantitative estimate of drug-likeness (QED) is 0.549. The first-order valence-electron chi connectivity index (χ1n) is 5.57. The first-order valence-corrected chi connectivity index (χ1v) is 7.63. The Morgan fingerprint density at radius 3 is 2.72 bits per heavy atom. The molecule has 0 spiro atoms. The van der Waals surface area contributed by atoms with Gasteiger partial charge in [-0.2, -0.15) is 5.10 Å². The smallest absolute Gasteiger partial charge is 0.218 e. The van der Waals surface area contributed by atoms with E-state index in [0.717, 1.165) is 11.4 Å². The van der Waals surface area contributed by atoms with E-state index < -0.39 is 10.0 Å². The van der Waals surface area contributed by atoms with Gasteiger partial charge in [-0.25, -0.2) is 13.1 Å². The standard InChI is InChI=1S/C10H18N4O2S2/c1-8-6-9(2)14(13-8)5-3-4-12-18(15,16)7-10(11)17/h6,12H,3-5,7H2,1-2H3,(H2,11,17). The summed E-state index contributed by atoms with van der Waals surface area (Å²) in [7, 11) is -3.39. The summed E-state index contributed by atoms with van der Waals surface area (Å²) in [5.41, 5.74) is 7.22. The second kappa shape index (κ2) is 6.26. The number of aromatic nitrogens is 2. The predicted molar refractivity (Wildman–Crippen MR) is 74.9 cm³/mol. The molecule has 0 aliphatic rings. The van der Waals surface area contributed by atoms with Crippen LogP contribution in [0.2, 0.25) is 0 Å². The van der Waals surface area contributed by atoms with E-state index in [1.807, 2.05) is 24.6 Å². The largest absolute Gasteiger partial charge is 0.392 e. The van der Waals surface area contributed by atoms with Gasteiger partial charge in [-0.05, 0) is 26.3 Å². The van der Waals surface area contributed by atoms with E-state index in [1.54, 1.807) is 0 Å². The van der Waals surface area contributed by atoms with E-state index in [9.17, 15) is 8.42 Å². The highest BCUT2D eigenvalue weighted by molar-refractivity contribution is 7.92. The number of nitrogens with one attached hydrogen (secondary N) is 1. The van der Waals surface area contributed by atoms with Gasteiger partial charge in [0.1, 0.15) is 5.75 Å². The summed E-state index contributed by atoms with van der Waals surface area (Å²) in [6.07, 6.45) is 0.665. The van der Waals surface area contributed by atoms with Crippen LogP contribution in [0.4, 0.5) is 0 Å². The minimum atomic E-state index is -3.39. The molecule has 0 saturated heterocycles. The fourth-order valence-electron chi connectivity index (χ4n) is 1.60. The zero-order chi connectivity index (χ0) is 13.8. The summed E-state index contributed by atoms with van der Waals surface area (Å²) in [4.78, 5) is -0.0268. The van der Waals surface area contributed by atoms with E-state index in [0.29, 0.717) is 19.5 Å². The van der Waals surface area contributed by atoms with Crippen molar-refractivity contribution in [1.29, 1.82) is 0 Å². The molecule has 0 unspecified atom stereocenters. The van der Waals surface area contributed by atoms with Crippen LogP contribution in [-0.4, -0.2) is 35.5 Å². The van der Waals surface area contributed by atoms with Crippen LogP contribution >= 0.6 is 12.2 Å². The molecular weight excluding hydrogens is 272 g/mol. The van der Waals surface area contributed by atoms with Gasteiger partial charge in [-0.15, -0.1) is 0 Å². The van der Waals surface area contributed by atoms with Gasteiger partial charge in [0, 0.05) is 18.8 Å². The van der Waals surface area contributed by atoms with Crippen molar-refractivity contribution >= 4 is 27.2 Å². The Bertz CT molecular complexity index is 522. The molecule has 0 aliphatic heterocycles. The van der Waals surface area contributed by atoms with E-state index in [4.69, 9.17) is 5.73 Å². The number of hydrogen-bond acceptors (Lipinski definition) is 4. The summed E-state index contributed by atoms with van der Waals surface area (Å²) in [6, 6.07) is 1.98. The number of hydrogen-bond donors (Lipinski definition) is 2. The van der Waals surface area contributed by atoms with Crippen LogP contribution in [0.3, 0.4) is 0 Å². The molecule has 0 amide bonds. The molecule has 0 aromatic carbocycles. The Hall–Kier alpha value is -0.990. The molecule has 0 bridgehead atoms. The Labute approximate surface area is 113 Å². The van der Waals surface area contributed by atoms with Crippen molar-refractivity contribution in [2.24, 2.45) is 5.73 Å². The summed E-state index contributed by atoms with van der Waals surface area (Å²) in [5.74, 6) is -0.303. The Balaban J connectivity index is 2.35. The Morgan fingerprint density at radius 1 is 1.56 bits per heavy atom. The molecule has 18 heavy (non-hydrogen) atoms. The molecule has 6 nitrogen and oxygen atoms in total. The van der Waals surface area contributed by atoms with Gasteiger partial charge in [-0.3, -0.25) is 4.68 Å². The highest BCUT2D eigenvalue weighted by Gasteiger charge is 2.10. The minimum Gasteiger partial charge on any atom is -0.392 e. The average molecular weight is 290 g/mol. The second-order valence-electron chi connectivity index (χ2n) is 4.12. The molecule has 1 aromatic heterocycles. The van der Waals surface area contributed by atoms with Crippen molar-refractivity contribution in [1.82, 2.24) is 14.5 Å². The lowest BCUT2D eigenvalue weighted by Crippen LogP contribution is -2.33. The van der Waals surface area contributed by atoms with E-state index in [-0.39, 0.29) is 10.7 Å². The third kappa shape index (κ3) is 5.11. The van der Waals surface area contributed by atoms with Gasteiger partial charge in [0.25, 0.3) is 0 Å². The van der Waals surface area contributed by atoms with E-state index in [1.165, 1.54) is 0 Å². The van der Waals surface area contributed by atoms with Gasteiger partial charge in [-0.1, -0.05) is 12.2 Å². The van der Waals surface area contributed by atoms with Crippen molar-refractivity contribution in [2.45, 2.75) is 26.8 Å². The number of aryl methyl sites for hydroxylation is 3.